The van der Waals surface area contributed by atoms with E-state index in [2.05, 4.69) is 6.58 Å². The Bertz CT molecular complexity index is 529. The Balaban J connectivity index is 2.60. The Morgan fingerprint density at radius 2 is 1.95 bits per heavy atom. The summed E-state index contributed by atoms with van der Waals surface area (Å²) in [4.78, 5) is 11.4. The highest BCUT2D eigenvalue weighted by atomic mass is 32.2. The Kier molecular flexibility index (Phi) is 5.76. The lowest BCUT2D eigenvalue weighted by atomic mass is 10.2. The summed E-state index contributed by atoms with van der Waals surface area (Å²) in [5, 5.41) is 0. The number of sulfone groups is 1. The van der Waals surface area contributed by atoms with Crippen molar-refractivity contribution in [3.05, 3.63) is 36.4 Å². The monoisotopic (exact) mass is 282 g/mol. The standard InChI is InChI=1S/C14H18O4S/c1-3-12-7-9-13(10-8-12)19(16,17)11-5-6-14(15)18-4-2/h3,7-10H,1,4-6,11H2,2H3. The Labute approximate surface area is 114 Å². The zero-order chi connectivity index (χ0) is 14.3. The normalized spacial score (nSPS) is 11.0. The third kappa shape index (κ3) is 4.87. The molecular weight excluding hydrogens is 264 g/mol. The molecule has 0 aliphatic rings. The van der Waals surface area contributed by atoms with Crippen molar-refractivity contribution in [3.8, 4) is 0 Å². The molecule has 0 saturated heterocycles. The van der Waals surface area contributed by atoms with Crippen molar-refractivity contribution in [1.29, 1.82) is 0 Å². The highest BCUT2D eigenvalue weighted by Gasteiger charge is 2.14. The Morgan fingerprint density at radius 3 is 2.47 bits per heavy atom. The van der Waals surface area contributed by atoms with Crippen molar-refractivity contribution in [2.45, 2.75) is 24.7 Å². The van der Waals surface area contributed by atoms with Crippen LogP contribution in [-0.4, -0.2) is 26.7 Å². The molecule has 1 aromatic rings. The summed E-state index contributed by atoms with van der Waals surface area (Å²) in [5.74, 6) is -0.418. The summed E-state index contributed by atoms with van der Waals surface area (Å²) in [6, 6.07) is 6.50. The molecule has 19 heavy (non-hydrogen) atoms. The SMILES string of the molecule is C=Cc1ccc(S(=O)(=O)CCCC(=O)OCC)cc1. The number of hydrogen-bond acceptors (Lipinski definition) is 4. The van der Waals surface area contributed by atoms with Gasteiger partial charge in [0.1, 0.15) is 0 Å². The second-order valence-electron chi connectivity index (χ2n) is 4.00. The molecule has 1 aromatic carbocycles. The van der Waals surface area contributed by atoms with Gasteiger partial charge in [-0.2, -0.15) is 0 Å². The average Bonchev–Trinajstić information content (AvgIpc) is 2.39. The average molecular weight is 282 g/mol. The lowest BCUT2D eigenvalue weighted by Gasteiger charge is -2.05. The van der Waals surface area contributed by atoms with Gasteiger partial charge in [0.15, 0.2) is 9.84 Å². The summed E-state index contributed by atoms with van der Waals surface area (Å²) in [5.41, 5.74) is 0.866. The maximum absolute atomic E-state index is 12.0. The van der Waals surface area contributed by atoms with Crippen LogP contribution < -0.4 is 0 Å². The number of rotatable bonds is 7. The Morgan fingerprint density at radius 1 is 1.32 bits per heavy atom. The van der Waals surface area contributed by atoms with Crippen LogP contribution in [0, 0.1) is 0 Å². The fraction of sp³-hybridized carbons (Fsp3) is 0.357. The Hall–Kier alpha value is -1.62. The van der Waals surface area contributed by atoms with Crippen molar-refractivity contribution in [3.63, 3.8) is 0 Å². The minimum absolute atomic E-state index is 0.0563. The molecule has 0 N–H and O–H groups in total. The van der Waals surface area contributed by atoms with E-state index in [1.54, 1.807) is 37.3 Å². The van der Waals surface area contributed by atoms with Crippen molar-refractivity contribution < 1.29 is 17.9 Å². The van der Waals surface area contributed by atoms with E-state index < -0.39 is 9.84 Å². The first kappa shape index (κ1) is 15.4. The number of carbonyl (C=O) groups is 1. The molecule has 5 heteroatoms. The third-order valence-electron chi connectivity index (χ3n) is 2.57. The minimum Gasteiger partial charge on any atom is -0.466 e. The first-order valence-corrected chi connectivity index (χ1v) is 7.75. The smallest absolute Gasteiger partial charge is 0.305 e. The van der Waals surface area contributed by atoms with Gasteiger partial charge in [-0.25, -0.2) is 8.42 Å². The highest BCUT2D eigenvalue weighted by molar-refractivity contribution is 7.91. The van der Waals surface area contributed by atoms with Crippen LogP contribution >= 0.6 is 0 Å². The number of hydrogen-bond donors (Lipinski definition) is 0. The molecule has 0 aliphatic carbocycles. The van der Waals surface area contributed by atoms with Crippen LogP contribution in [-0.2, 0) is 19.4 Å². The third-order valence-corrected chi connectivity index (χ3v) is 4.39. The van der Waals surface area contributed by atoms with Crippen LogP contribution in [0.3, 0.4) is 0 Å². The van der Waals surface area contributed by atoms with Crippen molar-refractivity contribution in [2.75, 3.05) is 12.4 Å². The molecule has 0 amide bonds. The van der Waals surface area contributed by atoms with Crippen LogP contribution in [0.2, 0.25) is 0 Å². The quantitative estimate of drug-likeness (QED) is 0.721. The van der Waals surface area contributed by atoms with Gasteiger partial charge in [-0.05, 0) is 31.0 Å². The predicted octanol–water partition coefficient (Wildman–Crippen LogP) is 2.45. The highest BCUT2D eigenvalue weighted by Crippen LogP contribution is 2.14. The van der Waals surface area contributed by atoms with Gasteiger partial charge in [-0.1, -0.05) is 24.8 Å². The van der Waals surface area contributed by atoms with Gasteiger partial charge < -0.3 is 4.74 Å². The maximum Gasteiger partial charge on any atom is 0.305 e. The zero-order valence-corrected chi connectivity index (χ0v) is 11.8. The van der Waals surface area contributed by atoms with Crippen LogP contribution in [0.15, 0.2) is 35.7 Å². The molecule has 0 unspecified atom stereocenters. The number of carbonyl (C=O) groups excluding carboxylic acids is 1. The van der Waals surface area contributed by atoms with Crippen LogP contribution in [0.5, 0.6) is 0 Å². The van der Waals surface area contributed by atoms with Gasteiger partial charge in [0.05, 0.1) is 17.3 Å². The molecule has 0 aliphatic heterocycles. The minimum atomic E-state index is -3.34. The molecular formula is C14H18O4S. The molecule has 0 aromatic heterocycles. The summed E-state index contributed by atoms with van der Waals surface area (Å²) < 4.78 is 28.7. The van der Waals surface area contributed by atoms with E-state index in [1.165, 1.54) is 0 Å². The van der Waals surface area contributed by atoms with E-state index in [9.17, 15) is 13.2 Å². The first-order valence-electron chi connectivity index (χ1n) is 6.10. The second kappa shape index (κ2) is 7.09. The topological polar surface area (TPSA) is 60.4 Å². The molecule has 0 bridgehead atoms. The number of esters is 1. The van der Waals surface area contributed by atoms with Crippen molar-refractivity contribution >= 4 is 21.9 Å². The summed E-state index contributed by atoms with van der Waals surface area (Å²) in [6.07, 6.45) is 2.04. The first-order chi connectivity index (χ1) is 8.99. The molecule has 0 spiro atoms. The largest absolute Gasteiger partial charge is 0.466 e. The predicted molar refractivity (Wildman–Crippen MR) is 74.5 cm³/mol. The van der Waals surface area contributed by atoms with Crippen LogP contribution in [0.1, 0.15) is 25.3 Å². The van der Waals surface area contributed by atoms with Gasteiger partial charge in [0.25, 0.3) is 0 Å². The molecule has 4 nitrogen and oxygen atoms in total. The second-order valence-corrected chi connectivity index (χ2v) is 6.11. The molecule has 0 saturated carbocycles. The molecule has 0 heterocycles. The van der Waals surface area contributed by atoms with E-state index >= 15 is 0 Å². The van der Waals surface area contributed by atoms with E-state index in [-0.39, 0.29) is 29.5 Å². The summed E-state index contributed by atoms with van der Waals surface area (Å²) >= 11 is 0. The summed E-state index contributed by atoms with van der Waals surface area (Å²) in [6.45, 7) is 5.64. The van der Waals surface area contributed by atoms with Crippen molar-refractivity contribution in [1.82, 2.24) is 0 Å². The van der Waals surface area contributed by atoms with Gasteiger partial charge in [0.2, 0.25) is 0 Å². The van der Waals surface area contributed by atoms with E-state index in [1.807, 2.05) is 0 Å². The van der Waals surface area contributed by atoms with Gasteiger partial charge in [0, 0.05) is 6.42 Å². The zero-order valence-electron chi connectivity index (χ0n) is 11.0. The lowest BCUT2D eigenvalue weighted by molar-refractivity contribution is -0.143. The van der Waals surface area contributed by atoms with E-state index in [4.69, 9.17) is 4.74 Å². The summed E-state index contributed by atoms with van der Waals surface area (Å²) in [7, 11) is -3.34. The molecule has 104 valence electrons. The van der Waals surface area contributed by atoms with Crippen LogP contribution in [0.25, 0.3) is 6.08 Å². The molecule has 0 fully saturated rings. The number of ether oxygens (including phenoxy) is 1. The number of benzene rings is 1. The fourth-order valence-electron chi connectivity index (χ4n) is 1.57. The van der Waals surface area contributed by atoms with E-state index in [0.717, 1.165) is 5.56 Å². The van der Waals surface area contributed by atoms with E-state index in [0.29, 0.717) is 6.61 Å². The molecule has 0 radical (unpaired) electrons. The van der Waals surface area contributed by atoms with Gasteiger partial charge in [-0.3, -0.25) is 4.79 Å². The lowest BCUT2D eigenvalue weighted by Crippen LogP contribution is -2.10. The van der Waals surface area contributed by atoms with Crippen LogP contribution in [0.4, 0.5) is 0 Å². The fourth-order valence-corrected chi connectivity index (χ4v) is 2.88. The van der Waals surface area contributed by atoms with Gasteiger partial charge in [-0.15, -0.1) is 0 Å². The van der Waals surface area contributed by atoms with Gasteiger partial charge >= 0.3 is 5.97 Å². The maximum atomic E-state index is 12.0. The molecule has 1 rings (SSSR count). The van der Waals surface area contributed by atoms with Crippen molar-refractivity contribution in [2.24, 2.45) is 0 Å². The molecule has 0 atom stereocenters.